The van der Waals surface area contributed by atoms with Crippen molar-refractivity contribution in [3.05, 3.63) is 0 Å². The van der Waals surface area contributed by atoms with Crippen molar-refractivity contribution in [2.75, 3.05) is 40.3 Å². The maximum atomic E-state index is 3.33. The fourth-order valence-electron chi connectivity index (χ4n) is 3.09. The smallest absolute Gasteiger partial charge is 0.0277 e. The predicted molar refractivity (Wildman–Crippen MR) is 68.7 cm³/mol. The standard InChI is InChI=1S/C13H27N3/c1-13(2)10-16(8-7-15(13)4)12-6-5-11(12)9-14-3/h11-12,14H,5-10H2,1-4H3. The molecule has 1 saturated carbocycles. The van der Waals surface area contributed by atoms with Gasteiger partial charge in [0.15, 0.2) is 0 Å². The molecule has 1 aliphatic carbocycles. The Labute approximate surface area is 100 Å². The minimum atomic E-state index is 0.345. The van der Waals surface area contributed by atoms with E-state index in [1.165, 1.54) is 39.0 Å². The lowest BCUT2D eigenvalue weighted by atomic mass is 9.77. The van der Waals surface area contributed by atoms with Crippen LogP contribution in [-0.4, -0.2) is 61.7 Å². The van der Waals surface area contributed by atoms with Gasteiger partial charge in [-0.15, -0.1) is 0 Å². The number of likely N-dealkylation sites (N-methyl/N-ethyl adjacent to an activating group) is 1. The van der Waals surface area contributed by atoms with Crippen LogP contribution in [0, 0.1) is 5.92 Å². The highest BCUT2D eigenvalue weighted by atomic mass is 15.3. The first kappa shape index (κ1) is 12.3. The molecule has 1 aliphatic heterocycles. The summed E-state index contributed by atoms with van der Waals surface area (Å²) >= 11 is 0. The summed E-state index contributed by atoms with van der Waals surface area (Å²) < 4.78 is 0. The van der Waals surface area contributed by atoms with E-state index in [9.17, 15) is 0 Å². The van der Waals surface area contributed by atoms with Crippen molar-refractivity contribution in [2.24, 2.45) is 5.92 Å². The first-order valence-corrected chi connectivity index (χ1v) is 6.64. The predicted octanol–water partition coefficient (Wildman–Crippen LogP) is 1.01. The van der Waals surface area contributed by atoms with Gasteiger partial charge in [-0.1, -0.05) is 0 Å². The molecular weight excluding hydrogens is 198 g/mol. The third-order valence-corrected chi connectivity index (χ3v) is 4.66. The van der Waals surface area contributed by atoms with E-state index in [4.69, 9.17) is 0 Å². The summed E-state index contributed by atoms with van der Waals surface area (Å²) in [6, 6.07) is 0.848. The van der Waals surface area contributed by atoms with Crippen LogP contribution in [-0.2, 0) is 0 Å². The molecule has 0 aromatic carbocycles. The van der Waals surface area contributed by atoms with Gasteiger partial charge in [0.1, 0.15) is 0 Å². The van der Waals surface area contributed by atoms with E-state index in [2.05, 4.69) is 43.1 Å². The molecule has 0 aromatic heterocycles. The molecule has 2 fully saturated rings. The van der Waals surface area contributed by atoms with E-state index < -0.39 is 0 Å². The second-order valence-corrected chi connectivity index (χ2v) is 6.17. The van der Waals surface area contributed by atoms with Crippen LogP contribution < -0.4 is 5.32 Å². The van der Waals surface area contributed by atoms with Gasteiger partial charge in [-0.25, -0.2) is 0 Å². The highest BCUT2D eigenvalue weighted by molar-refractivity contribution is 4.96. The second-order valence-electron chi connectivity index (χ2n) is 6.17. The van der Waals surface area contributed by atoms with Gasteiger partial charge >= 0.3 is 0 Å². The molecule has 0 bridgehead atoms. The zero-order valence-electron chi connectivity index (χ0n) is 11.3. The Morgan fingerprint density at radius 1 is 1.25 bits per heavy atom. The molecule has 2 aliphatic rings. The third kappa shape index (κ3) is 2.27. The molecule has 94 valence electrons. The molecule has 1 N–H and O–H groups in total. The Kier molecular flexibility index (Phi) is 3.57. The Morgan fingerprint density at radius 2 is 2.00 bits per heavy atom. The average molecular weight is 225 g/mol. The summed E-state index contributed by atoms with van der Waals surface area (Å²) in [5.74, 6) is 0.893. The number of hydrogen-bond acceptors (Lipinski definition) is 3. The lowest BCUT2D eigenvalue weighted by Gasteiger charge is -2.52. The number of nitrogens with one attached hydrogen (secondary N) is 1. The van der Waals surface area contributed by atoms with Gasteiger partial charge < -0.3 is 5.32 Å². The molecule has 1 heterocycles. The van der Waals surface area contributed by atoms with E-state index in [0.717, 1.165) is 12.0 Å². The molecule has 2 rings (SSSR count). The number of hydrogen-bond donors (Lipinski definition) is 1. The summed E-state index contributed by atoms with van der Waals surface area (Å²) in [5.41, 5.74) is 0.345. The lowest BCUT2D eigenvalue weighted by Crippen LogP contribution is -2.63. The maximum absolute atomic E-state index is 3.33. The van der Waals surface area contributed by atoms with E-state index in [1.54, 1.807) is 0 Å². The van der Waals surface area contributed by atoms with Crippen molar-refractivity contribution in [3.8, 4) is 0 Å². The summed E-state index contributed by atoms with van der Waals surface area (Å²) in [6.07, 6.45) is 2.82. The minimum absolute atomic E-state index is 0.345. The van der Waals surface area contributed by atoms with Gasteiger partial charge in [-0.05, 0) is 53.2 Å². The summed E-state index contributed by atoms with van der Waals surface area (Å²) in [6.45, 7) is 9.63. The third-order valence-electron chi connectivity index (χ3n) is 4.66. The molecule has 0 aromatic rings. The van der Waals surface area contributed by atoms with Gasteiger partial charge in [0.25, 0.3) is 0 Å². The van der Waals surface area contributed by atoms with Crippen LogP contribution in [0.2, 0.25) is 0 Å². The van der Waals surface area contributed by atoms with Gasteiger partial charge in [-0.2, -0.15) is 0 Å². The van der Waals surface area contributed by atoms with Gasteiger partial charge in [0.2, 0.25) is 0 Å². The molecule has 0 radical (unpaired) electrons. The number of rotatable bonds is 3. The molecule has 0 spiro atoms. The maximum Gasteiger partial charge on any atom is 0.0277 e. The van der Waals surface area contributed by atoms with Crippen LogP contribution in [0.5, 0.6) is 0 Å². The second kappa shape index (κ2) is 4.63. The summed E-state index contributed by atoms with van der Waals surface area (Å²) in [5, 5.41) is 3.33. The Balaban J connectivity index is 1.91. The fourth-order valence-corrected chi connectivity index (χ4v) is 3.09. The number of nitrogens with zero attached hydrogens (tertiary/aromatic N) is 2. The van der Waals surface area contributed by atoms with Gasteiger partial charge in [-0.3, -0.25) is 9.80 Å². The normalized spacial score (nSPS) is 36.0. The highest BCUT2D eigenvalue weighted by Crippen LogP contribution is 2.34. The number of piperazine rings is 1. The van der Waals surface area contributed by atoms with Crippen molar-refractivity contribution >= 4 is 0 Å². The van der Waals surface area contributed by atoms with Crippen LogP contribution in [0.15, 0.2) is 0 Å². The van der Waals surface area contributed by atoms with Gasteiger partial charge in [0.05, 0.1) is 0 Å². The monoisotopic (exact) mass is 225 g/mol. The molecule has 2 atom stereocenters. The van der Waals surface area contributed by atoms with Crippen LogP contribution >= 0.6 is 0 Å². The Morgan fingerprint density at radius 3 is 2.50 bits per heavy atom. The molecule has 3 nitrogen and oxygen atoms in total. The van der Waals surface area contributed by atoms with Crippen molar-refractivity contribution in [3.63, 3.8) is 0 Å². The summed E-state index contributed by atoms with van der Waals surface area (Å²) in [7, 11) is 4.33. The van der Waals surface area contributed by atoms with Crippen LogP contribution in [0.25, 0.3) is 0 Å². The van der Waals surface area contributed by atoms with Crippen molar-refractivity contribution in [1.29, 1.82) is 0 Å². The van der Waals surface area contributed by atoms with E-state index >= 15 is 0 Å². The average Bonchev–Trinajstić information content (AvgIpc) is 2.18. The highest BCUT2D eigenvalue weighted by Gasteiger charge is 2.40. The van der Waals surface area contributed by atoms with E-state index in [-0.39, 0.29) is 0 Å². The van der Waals surface area contributed by atoms with Crippen LogP contribution in [0.3, 0.4) is 0 Å². The van der Waals surface area contributed by atoms with Crippen molar-refractivity contribution in [2.45, 2.75) is 38.3 Å². The summed E-state index contributed by atoms with van der Waals surface area (Å²) in [4.78, 5) is 5.22. The molecule has 1 saturated heterocycles. The van der Waals surface area contributed by atoms with E-state index in [1.807, 2.05) is 0 Å². The molecule has 3 heteroatoms. The molecule has 2 unspecified atom stereocenters. The van der Waals surface area contributed by atoms with Gasteiger partial charge in [0, 0.05) is 31.2 Å². The largest absolute Gasteiger partial charge is 0.319 e. The SMILES string of the molecule is CNCC1CCC1N1CCN(C)C(C)(C)C1. The molecule has 16 heavy (non-hydrogen) atoms. The zero-order valence-corrected chi connectivity index (χ0v) is 11.3. The zero-order chi connectivity index (χ0) is 11.8. The van der Waals surface area contributed by atoms with Crippen molar-refractivity contribution < 1.29 is 0 Å². The fraction of sp³-hybridized carbons (Fsp3) is 1.00. The quantitative estimate of drug-likeness (QED) is 0.773. The van der Waals surface area contributed by atoms with Crippen molar-refractivity contribution in [1.82, 2.24) is 15.1 Å². The topological polar surface area (TPSA) is 18.5 Å². The van der Waals surface area contributed by atoms with Crippen LogP contribution in [0.1, 0.15) is 26.7 Å². The lowest BCUT2D eigenvalue weighted by molar-refractivity contribution is -0.0270. The Hall–Kier alpha value is -0.120. The minimum Gasteiger partial charge on any atom is -0.319 e. The van der Waals surface area contributed by atoms with E-state index in [0.29, 0.717) is 5.54 Å². The molecular formula is C13H27N3. The Bertz CT molecular complexity index is 239. The van der Waals surface area contributed by atoms with Crippen LogP contribution in [0.4, 0.5) is 0 Å². The first-order chi connectivity index (χ1) is 7.54. The first-order valence-electron chi connectivity index (χ1n) is 6.64. The molecule has 0 amide bonds.